The summed E-state index contributed by atoms with van der Waals surface area (Å²) in [6.45, 7) is 0.389. The normalized spacial score (nSPS) is 31.9. The van der Waals surface area contributed by atoms with Crippen LogP contribution in [0, 0.1) is 32.7 Å². The van der Waals surface area contributed by atoms with Crippen molar-refractivity contribution >= 4 is 34.4 Å². The van der Waals surface area contributed by atoms with E-state index in [-0.39, 0.29) is 43.4 Å². The standard InChI is InChI=1S/C36H51IN2O7/c1-45-31-14-26(20-41)13-28(37)34(31)46-30-16-27(35(44)38-8-9-40)15-29(33(30)43)39(32(42)7-6-22-4-2-3-5-22)21-36-17-23-10-24(18-36)12-25(11-23)19-36/h13-14,16,22-25,29-30,33,40-41,43H,2-12,15,17-21H2,1H3,(H,38,44). The van der Waals surface area contributed by atoms with E-state index in [1.807, 2.05) is 4.90 Å². The Morgan fingerprint density at radius 3 is 2.35 bits per heavy atom. The maximum absolute atomic E-state index is 14.4. The minimum absolute atomic E-state index is 0.0625. The first kappa shape index (κ1) is 34.0. The Hall–Kier alpha value is -1.89. The SMILES string of the molecule is COc1cc(CO)cc(I)c1OC1C=C(C(=O)NCCO)CC(N(CC23CC4CC(CC(C4)C2)C3)C(=O)CCC2CCCC2)C1O. The van der Waals surface area contributed by atoms with Gasteiger partial charge in [0.05, 0.1) is 29.9 Å². The Morgan fingerprint density at radius 1 is 1.07 bits per heavy atom. The fourth-order valence-corrected chi connectivity index (χ4v) is 10.7. The number of hydrogen-bond donors (Lipinski definition) is 4. The molecule has 10 heteroatoms. The molecule has 3 unspecified atom stereocenters. The van der Waals surface area contributed by atoms with Gasteiger partial charge in [-0.25, -0.2) is 0 Å². The molecule has 3 atom stereocenters. The zero-order valence-electron chi connectivity index (χ0n) is 27.1. The second-order valence-electron chi connectivity index (χ2n) is 14.9. The summed E-state index contributed by atoms with van der Waals surface area (Å²) in [5, 5.41) is 34.0. The number of aliphatic hydroxyl groups excluding tert-OH is 3. The third-order valence-electron chi connectivity index (χ3n) is 11.6. The molecule has 0 aliphatic heterocycles. The fourth-order valence-electron chi connectivity index (χ4n) is 9.90. The summed E-state index contributed by atoms with van der Waals surface area (Å²) in [6.07, 6.45) is 13.4. The van der Waals surface area contributed by atoms with Crippen LogP contribution in [0.2, 0.25) is 0 Å². The van der Waals surface area contributed by atoms with E-state index in [2.05, 4.69) is 27.9 Å². The molecule has 254 valence electrons. The molecule has 9 nitrogen and oxygen atoms in total. The first-order chi connectivity index (χ1) is 22.2. The Bertz CT molecular complexity index is 1260. The van der Waals surface area contributed by atoms with Gasteiger partial charge in [-0.15, -0.1) is 0 Å². The molecule has 7 rings (SSSR count). The Labute approximate surface area is 286 Å². The zero-order chi connectivity index (χ0) is 32.4. The van der Waals surface area contributed by atoms with Gasteiger partial charge >= 0.3 is 0 Å². The summed E-state index contributed by atoms with van der Waals surface area (Å²) < 4.78 is 12.8. The minimum Gasteiger partial charge on any atom is -0.493 e. The Morgan fingerprint density at radius 2 is 1.74 bits per heavy atom. The third kappa shape index (κ3) is 7.39. The van der Waals surface area contributed by atoms with Crippen LogP contribution < -0.4 is 14.8 Å². The lowest BCUT2D eigenvalue weighted by atomic mass is 9.49. The smallest absolute Gasteiger partial charge is 0.247 e. The summed E-state index contributed by atoms with van der Waals surface area (Å²) >= 11 is 2.12. The number of ether oxygens (including phenoxy) is 2. The van der Waals surface area contributed by atoms with Gasteiger partial charge in [-0.2, -0.15) is 0 Å². The Kier molecular flexibility index (Phi) is 10.9. The van der Waals surface area contributed by atoms with Crippen LogP contribution in [-0.2, 0) is 16.2 Å². The summed E-state index contributed by atoms with van der Waals surface area (Å²) in [4.78, 5) is 29.7. The van der Waals surface area contributed by atoms with E-state index in [0.717, 1.165) is 43.4 Å². The summed E-state index contributed by atoms with van der Waals surface area (Å²) in [5.74, 6) is 3.33. The molecule has 0 aromatic heterocycles. The van der Waals surface area contributed by atoms with Crippen LogP contribution in [-0.4, -0.2) is 77.1 Å². The van der Waals surface area contributed by atoms with Gasteiger partial charge < -0.3 is 35.0 Å². The molecular formula is C36H51IN2O7. The van der Waals surface area contributed by atoms with Gasteiger partial charge in [0.1, 0.15) is 12.2 Å². The quantitative estimate of drug-likeness (QED) is 0.215. The first-order valence-corrected chi connectivity index (χ1v) is 18.5. The van der Waals surface area contributed by atoms with Gasteiger partial charge in [-0.1, -0.05) is 25.7 Å². The number of methoxy groups -OCH3 is 1. The number of carbonyl (C=O) groups excluding carboxylic acids is 2. The van der Waals surface area contributed by atoms with Crippen molar-refractivity contribution in [2.24, 2.45) is 29.1 Å². The van der Waals surface area contributed by atoms with Crippen molar-refractivity contribution in [2.75, 3.05) is 26.8 Å². The van der Waals surface area contributed by atoms with Gasteiger partial charge in [-0.3, -0.25) is 9.59 Å². The molecule has 5 fully saturated rings. The molecule has 5 saturated carbocycles. The number of rotatable bonds is 13. The highest BCUT2D eigenvalue weighted by Gasteiger charge is 2.53. The molecule has 6 aliphatic rings. The topological polar surface area (TPSA) is 129 Å². The van der Waals surface area contributed by atoms with Crippen LogP contribution in [0.5, 0.6) is 11.5 Å². The van der Waals surface area contributed by atoms with Crippen LogP contribution in [0.3, 0.4) is 0 Å². The second kappa shape index (κ2) is 14.7. The molecule has 4 bridgehead atoms. The van der Waals surface area contributed by atoms with Gasteiger partial charge in [0, 0.05) is 31.5 Å². The summed E-state index contributed by atoms with van der Waals surface area (Å²) in [6, 6.07) is 2.87. The van der Waals surface area contributed by atoms with Crippen molar-refractivity contribution in [1.82, 2.24) is 10.2 Å². The van der Waals surface area contributed by atoms with E-state index in [0.29, 0.717) is 45.1 Å². The van der Waals surface area contributed by atoms with Gasteiger partial charge in [0.2, 0.25) is 11.8 Å². The predicted octanol–water partition coefficient (Wildman–Crippen LogP) is 4.72. The lowest BCUT2D eigenvalue weighted by molar-refractivity contribution is -0.147. The zero-order valence-corrected chi connectivity index (χ0v) is 29.3. The van der Waals surface area contributed by atoms with Crippen molar-refractivity contribution in [3.05, 3.63) is 32.9 Å². The maximum Gasteiger partial charge on any atom is 0.247 e. The van der Waals surface area contributed by atoms with Crippen molar-refractivity contribution in [3.8, 4) is 11.5 Å². The van der Waals surface area contributed by atoms with Crippen molar-refractivity contribution in [3.63, 3.8) is 0 Å². The number of aliphatic hydroxyl groups is 3. The van der Waals surface area contributed by atoms with Gasteiger partial charge in [-0.05, 0) is 120 Å². The molecule has 6 aliphatic carbocycles. The molecule has 4 N–H and O–H groups in total. The molecule has 0 spiro atoms. The third-order valence-corrected chi connectivity index (χ3v) is 12.4. The molecule has 1 aromatic carbocycles. The minimum atomic E-state index is -1.07. The number of amides is 2. The van der Waals surface area contributed by atoms with Crippen LogP contribution in [0.15, 0.2) is 23.8 Å². The average Bonchev–Trinajstić information content (AvgIpc) is 3.56. The monoisotopic (exact) mass is 750 g/mol. The molecule has 0 saturated heterocycles. The lowest BCUT2D eigenvalue weighted by Crippen LogP contribution is -2.59. The number of carbonyl (C=O) groups is 2. The predicted molar refractivity (Wildman–Crippen MR) is 182 cm³/mol. The highest BCUT2D eigenvalue weighted by molar-refractivity contribution is 14.1. The van der Waals surface area contributed by atoms with E-state index in [1.54, 1.807) is 18.2 Å². The number of nitrogens with one attached hydrogen (secondary N) is 1. The maximum atomic E-state index is 14.4. The molecule has 0 radical (unpaired) electrons. The van der Waals surface area contributed by atoms with Crippen LogP contribution >= 0.6 is 22.6 Å². The van der Waals surface area contributed by atoms with Crippen LogP contribution in [0.4, 0.5) is 0 Å². The van der Waals surface area contributed by atoms with E-state index in [1.165, 1.54) is 52.1 Å². The largest absolute Gasteiger partial charge is 0.493 e. The van der Waals surface area contributed by atoms with E-state index in [9.17, 15) is 24.9 Å². The number of hydrogen-bond acceptors (Lipinski definition) is 7. The van der Waals surface area contributed by atoms with E-state index in [4.69, 9.17) is 9.47 Å². The lowest BCUT2D eigenvalue weighted by Gasteiger charge is -2.58. The summed E-state index contributed by atoms with van der Waals surface area (Å²) in [5.41, 5.74) is 1.17. The molecular weight excluding hydrogens is 699 g/mol. The number of benzene rings is 1. The van der Waals surface area contributed by atoms with Crippen molar-refractivity contribution in [2.45, 2.75) is 108 Å². The molecule has 0 heterocycles. The molecule has 46 heavy (non-hydrogen) atoms. The highest BCUT2D eigenvalue weighted by atomic mass is 127. The van der Waals surface area contributed by atoms with Crippen molar-refractivity contribution in [1.29, 1.82) is 0 Å². The molecule has 1 aromatic rings. The first-order valence-electron chi connectivity index (χ1n) is 17.4. The average molecular weight is 751 g/mol. The van der Waals surface area contributed by atoms with E-state index >= 15 is 0 Å². The van der Waals surface area contributed by atoms with Gasteiger partial charge in [0.25, 0.3) is 0 Å². The number of halogens is 1. The van der Waals surface area contributed by atoms with Crippen LogP contribution in [0.25, 0.3) is 0 Å². The van der Waals surface area contributed by atoms with Gasteiger partial charge in [0.15, 0.2) is 11.5 Å². The summed E-state index contributed by atoms with van der Waals surface area (Å²) in [7, 11) is 1.53. The van der Waals surface area contributed by atoms with Crippen molar-refractivity contribution < 1.29 is 34.4 Å². The highest BCUT2D eigenvalue weighted by Crippen LogP contribution is 2.60. The number of nitrogens with zero attached hydrogens (tertiary/aromatic N) is 1. The Balaban J connectivity index is 1.32. The second-order valence-corrected chi connectivity index (χ2v) is 16.1. The van der Waals surface area contributed by atoms with Crippen LogP contribution in [0.1, 0.15) is 89.0 Å². The fraction of sp³-hybridized carbons (Fsp3) is 0.722. The van der Waals surface area contributed by atoms with E-state index < -0.39 is 18.2 Å². The molecule has 2 amide bonds.